The fourth-order valence-corrected chi connectivity index (χ4v) is 1.43. The standard InChI is InChI=1S/C10H12ClNO2/c11-9-3-1-2-7(5-9)4-8(6-12)10(13)14/h1-3,5,8H,4,6,12H2,(H,13,14). The Hall–Kier alpha value is -1.06. The molecule has 0 saturated heterocycles. The maximum absolute atomic E-state index is 10.7. The fraction of sp³-hybridized carbons (Fsp3) is 0.300. The molecule has 0 fully saturated rings. The molecule has 0 aliphatic rings. The Kier molecular flexibility index (Phi) is 3.92. The van der Waals surface area contributed by atoms with Crippen LogP contribution in [0.2, 0.25) is 5.02 Å². The second-order valence-electron chi connectivity index (χ2n) is 3.10. The molecule has 4 heteroatoms. The van der Waals surface area contributed by atoms with Crippen LogP contribution in [-0.2, 0) is 11.2 Å². The van der Waals surface area contributed by atoms with Crippen molar-refractivity contribution >= 4 is 17.6 Å². The third-order valence-electron chi connectivity index (χ3n) is 2.00. The van der Waals surface area contributed by atoms with Crippen molar-refractivity contribution in [2.75, 3.05) is 6.54 Å². The maximum atomic E-state index is 10.7. The smallest absolute Gasteiger partial charge is 0.308 e. The molecule has 1 unspecified atom stereocenters. The summed E-state index contributed by atoms with van der Waals surface area (Å²) >= 11 is 5.77. The van der Waals surface area contributed by atoms with Gasteiger partial charge < -0.3 is 10.8 Å². The van der Waals surface area contributed by atoms with E-state index in [1.165, 1.54) is 0 Å². The largest absolute Gasteiger partial charge is 0.481 e. The molecule has 1 aromatic rings. The average molecular weight is 214 g/mol. The molecule has 0 aliphatic heterocycles. The zero-order valence-electron chi connectivity index (χ0n) is 7.61. The monoisotopic (exact) mass is 213 g/mol. The summed E-state index contributed by atoms with van der Waals surface area (Å²) in [4.78, 5) is 10.7. The summed E-state index contributed by atoms with van der Waals surface area (Å²) in [6.45, 7) is 0.141. The summed E-state index contributed by atoms with van der Waals surface area (Å²) in [6.07, 6.45) is 0.423. The molecular formula is C10H12ClNO2. The molecule has 0 radical (unpaired) electrons. The molecule has 1 aromatic carbocycles. The highest BCUT2D eigenvalue weighted by atomic mass is 35.5. The molecule has 0 aliphatic carbocycles. The Labute approximate surface area is 87.5 Å². The predicted octanol–water partition coefficient (Wildman–Crippen LogP) is 1.54. The van der Waals surface area contributed by atoms with Crippen molar-refractivity contribution in [1.29, 1.82) is 0 Å². The predicted molar refractivity (Wildman–Crippen MR) is 55.3 cm³/mol. The van der Waals surface area contributed by atoms with Gasteiger partial charge in [-0.05, 0) is 24.1 Å². The lowest BCUT2D eigenvalue weighted by Gasteiger charge is -2.09. The number of nitrogens with two attached hydrogens (primary N) is 1. The van der Waals surface area contributed by atoms with Crippen LogP contribution in [-0.4, -0.2) is 17.6 Å². The van der Waals surface area contributed by atoms with Crippen molar-refractivity contribution in [2.45, 2.75) is 6.42 Å². The minimum Gasteiger partial charge on any atom is -0.481 e. The van der Waals surface area contributed by atoms with Crippen molar-refractivity contribution in [2.24, 2.45) is 11.7 Å². The first-order valence-corrected chi connectivity index (χ1v) is 4.68. The number of carboxylic acids is 1. The highest BCUT2D eigenvalue weighted by molar-refractivity contribution is 6.30. The lowest BCUT2D eigenvalue weighted by atomic mass is 10.00. The van der Waals surface area contributed by atoms with Crippen molar-refractivity contribution in [1.82, 2.24) is 0 Å². The minimum atomic E-state index is -0.868. The van der Waals surface area contributed by atoms with E-state index in [1.807, 2.05) is 6.07 Å². The van der Waals surface area contributed by atoms with E-state index in [2.05, 4.69) is 0 Å². The number of halogens is 1. The molecule has 0 heterocycles. The molecule has 1 atom stereocenters. The van der Waals surface area contributed by atoms with E-state index in [1.54, 1.807) is 18.2 Å². The van der Waals surface area contributed by atoms with Crippen molar-refractivity contribution in [3.05, 3.63) is 34.9 Å². The lowest BCUT2D eigenvalue weighted by Crippen LogP contribution is -2.25. The number of hydrogen-bond donors (Lipinski definition) is 2. The van der Waals surface area contributed by atoms with E-state index in [-0.39, 0.29) is 6.54 Å². The Morgan fingerprint density at radius 3 is 2.79 bits per heavy atom. The lowest BCUT2D eigenvalue weighted by molar-refractivity contribution is -0.141. The normalized spacial score (nSPS) is 12.4. The first-order valence-electron chi connectivity index (χ1n) is 4.31. The quantitative estimate of drug-likeness (QED) is 0.798. The Bertz CT molecular complexity index is 328. The number of carboxylic acid groups (broad SMARTS) is 1. The molecule has 0 aromatic heterocycles. The van der Waals surface area contributed by atoms with Crippen LogP contribution in [0.1, 0.15) is 5.56 Å². The second kappa shape index (κ2) is 4.98. The molecule has 1 rings (SSSR count). The molecule has 0 bridgehead atoms. The van der Waals surface area contributed by atoms with Crippen molar-refractivity contribution in [3.63, 3.8) is 0 Å². The minimum absolute atomic E-state index is 0.141. The summed E-state index contributed by atoms with van der Waals surface area (Å²) < 4.78 is 0. The summed E-state index contributed by atoms with van der Waals surface area (Å²) in [5.74, 6) is -1.40. The summed E-state index contributed by atoms with van der Waals surface area (Å²) in [7, 11) is 0. The van der Waals surface area contributed by atoms with Crippen molar-refractivity contribution < 1.29 is 9.90 Å². The summed E-state index contributed by atoms with van der Waals surface area (Å²) in [5.41, 5.74) is 6.24. The Morgan fingerprint density at radius 1 is 1.57 bits per heavy atom. The number of hydrogen-bond acceptors (Lipinski definition) is 2. The van der Waals surface area contributed by atoms with Gasteiger partial charge in [0.2, 0.25) is 0 Å². The molecular weight excluding hydrogens is 202 g/mol. The van der Waals surface area contributed by atoms with E-state index in [0.717, 1.165) is 5.56 Å². The highest BCUT2D eigenvalue weighted by Gasteiger charge is 2.15. The van der Waals surface area contributed by atoms with Gasteiger partial charge in [0.15, 0.2) is 0 Å². The molecule has 14 heavy (non-hydrogen) atoms. The topological polar surface area (TPSA) is 63.3 Å². The molecule has 76 valence electrons. The number of rotatable bonds is 4. The Balaban J connectivity index is 2.72. The van der Waals surface area contributed by atoms with Gasteiger partial charge in [-0.3, -0.25) is 4.79 Å². The van der Waals surface area contributed by atoms with E-state index >= 15 is 0 Å². The van der Waals surface area contributed by atoms with Crippen LogP contribution in [0.15, 0.2) is 24.3 Å². The molecule has 0 saturated carbocycles. The fourth-order valence-electron chi connectivity index (χ4n) is 1.22. The first-order chi connectivity index (χ1) is 6.63. The zero-order chi connectivity index (χ0) is 10.6. The Morgan fingerprint density at radius 2 is 2.29 bits per heavy atom. The number of aliphatic carboxylic acids is 1. The third kappa shape index (κ3) is 3.01. The van der Waals surface area contributed by atoms with Gasteiger partial charge in [0, 0.05) is 11.6 Å². The van der Waals surface area contributed by atoms with E-state index in [9.17, 15) is 4.79 Å². The van der Waals surface area contributed by atoms with Gasteiger partial charge in [0.1, 0.15) is 0 Å². The van der Waals surface area contributed by atoms with E-state index < -0.39 is 11.9 Å². The van der Waals surface area contributed by atoms with Crippen LogP contribution in [0.5, 0.6) is 0 Å². The molecule has 3 N–H and O–H groups in total. The third-order valence-corrected chi connectivity index (χ3v) is 2.24. The highest BCUT2D eigenvalue weighted by Crippen LogP contribution is 2.14. The van der Waals surface area contributed by atoms with Gasteiger partial charge in [0.05, 0.1) is 5.92 Å². The van der Waals surface area contributed by atoms with Crippen LogP contribution in [0.25, 0.3) is 0 Å². The zero-order valence-corrected chi connectivity index (χ0v) is 8.37. The van der Waals surface area contributed by atoms with Gasteiger partial charge in [-0.1, -0.05) is 23.7 Å². The van der Waals surface area contributed by atoms with E-state index in [0.29, 0.717) is 11.4 Å². The molecule has 0 amide bonds. The van der Waals surface area contributed by atoms with Crippen LogP contribution in [0.4, 0.5) is 0 Å². The summed E-state index contributed by atoms with van der Waals surface area (Å²) in [6, 6.07) is 7.15. The van der Waals surface area contributed by atoms with E-state index in [4.69, 9.17) is 22.4 Å². The average Bonchev–Trinajstić information content (AvgIpc) is 2.14. The number of benzene rings is 1. The maximum Gasteiger partial charge on any atom is 0.308 e. The van der Waals surface area contributed by atoms with Gasteiger partial charge in [-0.25, -0.2) is 0 Å². The van der Waals surface area contributed by atoms with Crippen LogP contribution in [0.3, 0.4) is 0 Å². The van der Waals surface area contributed by atoms with Crippen LogP contribution < -0.4 is 5.73 Å². The van der Waals surface area contributed by atoms with Gasteiger partial charge in [-0.2, -0.15) is 0 Å². The van der Waals surface area contributed by atoms with Gasteiger partial charge in [-0.15, -0.1) is 0 Å². The molecule has 0 spiro atoms. The van der Waals surface area contributed by atoms with Crippen LogP contribution in [0, 0.1) is 5.92 Å². The number of carbonyl (C=O) groups is 1. The SMILES string of the molecule is NCC(Cc1cccc(Cl)c1)C(=O)O. The summed E-state index contributed by atoms with van der Waals surface area (Å²) in [5, 5.41) is 9.41. The van der Waals surface area contributed by atoms with Crippen LogP contribution >= 0.6 is 11.6 Å². The first kappa shape index (κ1) is 11.0. The van der Waals surface area contributed by atoms with Crippen molar-refractivity contribution in [3.8, 4) is 0 Å². The van der Waals surface area contributed by atoms with Gasteiger partial charge >= 0.3 is 5.97 Å². The van der Waals surface area contributed by atoms with Gasteiger partial charge in [0.25, 0.3) is 0 Å². The second-order valence-corrected chi connectivity index (χ2v) is 3.54. The molecule has 3 nitrogen and oxygen atoms in total.